The minimum Gasteiger partial charge on any atom is -0.265 e. The lowest BCUT2D eigenvalue weighted by atomic mass is 10.1. The lowest BCUT2D eigenvalue weighted by Crippen LogP contribution is -1.89. The topological polar surface area (TPSA) is 46.5 Å². The van der Waals surface area contributed by atoms with Crippen LogP contribution in [0.4, 0.5) is 0 Å². The summed E-state index contributed by atoms with van der Waals surface area (Å²) in [6, 6.07) is 4.84. The molecule has 0 bridgehead atoms. The Morgan fingerprint density at radius 2 is 2.07 bits per heavy atom. The number of aliphatic imine (C=N–C) groups is 1. The lowest BCUT2D eigenvalue weighted by molar-refractivity contribution is 0.614. The summed E-state index contributed by atoms with van der Waals surface area (Å²) in [4.78, 5) is 3.95. The Morgan fingerprint density at radius 3 is 2.57 bits per heavy atom. The summed E-state index contributed by atoms with van der Waals surface area (Å²) < 4.78 is 21.5. The van der Waals surface area contributed by atoms with Gasteiger partial charge in [-0.2, -0.15) is 0 Å². The Kier molecular flexibility index (Phi) is 3.19. The molecule has 0 aliphatic carbocycles. The third-order valence-corrected chi connectivity index (χ3v) is 2.63. The SMILES string of the molecule is C=NC(=C)c1cc([SH](=O)=O)ccc1C. The molecule has 0 fully saturated rings. The molecule has 0 amide bonds. The van der Waals surface area contributed by atoms with E-state index in [2.05, 4.69) is 18.3 Å². The van der Waals surface area contributed by atoms with E-state index >= 15 is 0 Å². The molecule has 1 aromatic carbocycles. The van der Waals surface area contributed by atoms with Crippen molar-refractivity contribution in [3.63, 3.8) is 0 Å². The van der Waals surface area contributed by atoms with E-state index in [1.54, 1.807) is 18.2 Å². The molecular weight excluding hydrogens is 198 g/mol. The summed E-state index contributed by atoms with van der Waals surface area (Å²) in [5.41, 5.74) is 2.14. The molecule has 0 unspecified atom stereocenters. The number of rotatable bonds is 3. The normalized spacial score (nSPS) is 10.1. The molecule has 0 radical (unpaired) electrons. The molecule has 3 nitrogen and oxygen atoms in total. The number of hydrogen-bond acceptors (Lipinski definition) is 3. The summed E-state index contributed by atoms with van der Waals surface area (Å²) in [6.07, 6.45) is 0. The van der Waals surface area contributed by atoms with Crippen molar-refractivity contribution in [2.75, 3.05) is 0 Å². The first-order valence-corrected chi connectivity index (χ1v) is 5.15. The summed E-state index contributed by atoms with van der Waals surface area (Å²) in [5, 5.41) is 0. The number of aryl methyl sites for hydroxylation is 1. The van der Waals surface area contributed by atoms with Gasteiger partial charge in [-0.1, -0.05) is 12.6 Å². The van der Waals surface area contributed by atoms with Crippen molar-refractivity contribution in [1.82, 2.24) is 0 Å². The Balaban J connectivity index is 3.35. The van der Waals surface area contributed by atoms with Gasteiger partial charge in [0.25, 0.3) is 0 Å². The zero-order chi connectivity index (χ0) is 10.7. The Morgan fingerprint density at radius 1 is 1.43 bits per heavy atom. The van der Waals surface area contributed by atoms with Gasteiger partial charge < -0.3 is 0 Å². The van der Waals surface area contributed by atoms with E-state index in [4.69, 9.17) is 0 Å². The fraction of sp³-hybridized carbons (Fsp3) is 0.100. The van der Waals surface area contributed by atoms with E-state index in [-0.39, 0.29) is 4.90 Å². The van der Waals surface area contributed by atoms with Gasteiger partial charge in [0.05, 0.1) is 10.6 Å². The molecule has 1 rings (SSSR count). The van der Waals surface area contributed by atoms with Gasteiger partial charge in [0.15, 0.2) is 10.7 Å². The number of nitrogens with zero attached hydrogens (tertiary/aromatic N) is 1. The second-order valence-electron chi connectivity index (χ2n) is 2.86. The van der Waals surface area contributed by atoms with Gasteiger partial charge in [0.1, 0.15) is 0 Å². The zero-order valence-corrected chi connectivity index (χ0v) is 8.75. The highest BCUT2D eigenvalue weighted by atomic mass is 32.2. The summed E-state index contributed by atoms with van der Waals surface area (Å²) in [7, 11) is -2.56. The zero-order valence-electron chi connectivity index (χ0n) is 7.86. The van der Waals surface area contributed by atoms with Gasteiger partial charge in [-0.05, 0) is 31.3 Å². The molecule has 0 aliphatic rings. The summed E-state index contributed by atoms with van der Waals surface area (Å²) in [5.74, 6) is 0. The van der Waals surface area contributed by atoms with Crippen molar-refractivity contribution in [3.05, 3.63) is 35.9 Å². The second kappa shape index (κ2) is 4.19. The number of thiol groups is 1. The molecular formula is C10H11NO2S. The molecule has 0 aliphatic heterocycles. The van der Waals surface area contributed by atoms with E-state index in [1.165, 1.54) is 0 Å². The molecule has 4 heteroatoms. The van der Waals surface area contributed by atoms with Gasteiger partial charge in [0, 0.05) is 5.56 Å². The lowest BCUT2D eigenvalue weighted by Gasteiger charge is -2.04. The smallest absolute Gasteiger partial charge is 0.168 e. The highest BCUT2D eigenvalue weighted by Crippen LogP contribution is 2.20. The molecule has 0 spiro atoms. The van der Waals surface area contributed by atoms with Crippen LogP contribution in [0.3, 0.4) is 0 Å². The van der Waals surface area contributed by atoms with Crippen molar-refractivity contribution in [2.45, 2.75) is 11.8 Å². The van der Waals surface area contributed by atoms with Gasteiger partial charge >= 0.3 is 0 Å². The fourth-order valence-electron chi connectivity index (χ4n) is 1.12. The Labute approximate surface area is 84.8 Å². The average Bonchev–Trinajstić information content (AvgIpc) is 2.17. The quantitative estimate of drug-likeness (QED) is 0.607. The largest absolute Gasteiger partial charge is 0.265 e. The van der Waals surface area contributed by atoms with Crippen LogP contribution >= 0.6 is 0 Å². The maximum Gasteiger partial charge on any atom is 0.168 e. The van der Waals surface area contributed by atoms with Crippen LogP contribution in [0.1, 0.15) is 11.1 Å². The van der Waals surface area contributed by atoms with Crippen molar-refractivity contribution in [3.8, 4) is 0 Å². The van der Waals surface area contributed by atoms with E-state index in [0.717, 1.165) is 11.1 Å². The second-order valence-corrected chi connectivity index (χ2v) is 3.89. The van der Waals surface area contributed by atoms with Crippen molar-refractivity contribution < 1.29 is 8.42 Å². The van der Waals surface area contributed by atoms with E-state index in [0.29, 0.717) is 5.70 Å². The molecule has 0 N–H and O–H groups in total. The minimum atomic E-state index is -2.56. The van der Waals surface area contributed by atoms with Crippen LogP contribution < -0.4 is 0 Å². The summed E-state index contributed by atoms with van der Waals surface area (Å²) in [6.45, 7) is 8.90. The predicted octanol–water partition coefficient (Wildman–Crippen LogP) is 1.64. The van der Waals surface area contributed by atoms with E-state index in [1.807, 2.05) is 6.92 Å². The van der Waals surface area contributed by atoms with Gasteiger partial charge in [-0.25, -0.2) is 8.42 Å². The van der Waals surface area contributed by atoms with Crippen LogP contribution in [0.5, 0.6) is 0 Å². The number of hydrogen-bond donors (Lipinski definition) is 1. The van der Waals surface area contributed by atoms with Crippen molar-refractivity contribution in [2.24, 2.45) is 4.99 Å². The van der Waals surface area contributed by atoms with Crippen LogP contribution in [0.25, 0.3) is 5.70 Å². The molecule has 0 saturated carbocycles. The van der Waals surface area contributed by atoms with Crippen LogP contribution in [-0.2, 0) is 10.7 Å². The van der Waals surface area contributed by atoms with Crippen LogP contribution in [-0.4, -0.2) is 15.1 Å². The van der Waals surface area contributed by atoms with Crippen molar-refractivity contribution in [1.29, 1.82) is 0 Å². The third kappa shape index (κ3) is 2.09. The highest BCUT2D eigenvalue weighted by molar-refractivity contribution is 7.72. The van der Waals surface area contributed by atoms with E-state index in [9.17, 15) is 8.42 Å². The molecule has 1 aromatic rings. The summed E-state index contributed by atoms with van der Waals surface area (Å²) >= 11 is 0. The molecule has 0 heterocycles. The van der Waals surface area contributed by atoms with Crippen LogP contribution in [0, 0.1) is 6.92 Å². The molecule has 74 valence electrons. The molecule has 14 heavy (non-hydrogen) atoms. The maximum atomic E-state index is 10.7. The van der Waals surface area contributed by atoms with E-state index < -0.39 is 10.7 Å². The van der Waals surface area contributed by atoms with Gasteiger partial charge in [-0.3, -0.25) is 4.99 Å². The molecule has 0 aromatic heterocycles. The fourth-order valence-corrected chi connectivity index (χ4v) is 1.55. The van der Waals surface area contributed by atoms with Crippen molar-refractivity contribution >= 4 is 23.1 Å². The first kappa shape index (κ1) is 10.7. The Hall–Kier alpha value is -1.42. The van der Waals surface area contributed by atoms with Gasteiger partial charge in [0.2, 0.25) is 0 Å². The molecule has 0 saturated heterocycles. The maximum absolute atomic E-state index is 10.7. The minimum absolute atomic E-state index is 0.269. The third-order valence-electron chi connectivity index (χ3n) is 1.93. The number of benzene rings is 1. The highest BCUT2D eigenvalue weighted by Gasteiger charge is 2.03. The van der Waals surface area contributed by atoms with Gasteiger partial charge in [-0.15, -0.1) is 0 Å². The molecule has 0 atom stereocenters. The average molecular weight is 209 g/mol. The standard InChI is InChI=1S/C10H11NO2S/c1-7-4-5-9(14(12)13)6-10(7)8(2)11-3/h4-6,14H,2-3H2,1H3. The van der Waals surface area contributed by atoms with Crippen LogP contribution in [0.15, 0.2) is 34.7 Å². The Bertz CT molecular complexity index is 453. The first-order chi connectivity index (χ1) is 6.56. The van der Waals surface area contributed by atoms with Crippen LogP contribution in [0.2, 0.25) is 0 Å². The first-order valence-electron chi connectivity index (χ1n) is 3.97. The predicted molar refractivity (Wildman–Crippen MR) is 58.3 cm³/mol. The monoisotopic (exact) mass is 209 g/mol.